The summed E-state index contributed by atoms with van der Waals surface area (Å²) in [7, 11) is 1.41. The topological polar surface area (TPSA) is 87.3 Å². The molecule has 0 amide bonds. The van der Waals surface area contributed by atoms with Crippen LogP contribution in [0.2, 0.25) is 5.02 Å². The number of benzene rings is 2. The van der Waals surface area contributed by atoms with Crippen molar-refractivity contribution in [2.75, 3.05) is 7.11 Å². The van der Waals surface area contributed by atoms with E-state index in [2.05, 4.69) is 4.99 Å². The molecule has 4 rings (SSSR count). The maximum absolute atomic E-state index is 12.2. The number of furan rings is 1. The minimum Gasteiger partial charge on any atom is -0.493 e. The van der Waals surface area contributed by atoms with Crippen LogP contribution < -0.4 is 9.47 Å². The van der Waals surface area contributed by atoms with E-state index in [9.17, 15) is 9.59 Å². The van der Waals surface area contributed by atoms with Gasteiger partial charge in [0.05, 0.1) is 18.4 Å². The van der Waals surface area contributed by atoms with Crippen molar-refractivity contribution in [3.63, 3.8) is 0 Å². The summed E-state index contributed by atoms with van der Waals surface area (Å²) in [6.45, 7) is 0. The van der Waals surface area contributed by atoms with Crippen LogP contribution in [0.25, 0.3) is 6.08 Å². The number of rotatable bonds is 5. The summed E-state index contributed by atoms with van der Waals surface area (Å²) in [4.78, 5) is 28.6. The minimum atomic E-state index is -0.720. The van der Waals surface area contributed by atoms with Crippen LogP contribution in [0.5, 0.6) is 11.5 Å². The van der Waals surface area contributed by atoms with Crippen molar-refractivity contribution in [2.45, 2.75) is 0 Å². The fourth-order valence-corrected chi connectivity index (χ4v) is 2.99. The van der Waals surface area contributed by atoms with Gasteiger partial charge in [0.1, 0.15) is 0 Å². The molecule has 2 aromatic carbocycles. The standard InChI is InChI=1S/C22H14ClNO6/c1-27-18-12-13(10-15(23)19(18)29-22(26)17-8-5-9-28-17)11-16-21(25)30-20(24-16)14-6-3-2-4-7-14/h2-12H,1H3. The van der Waals surface area contributed by atoms with Crippen LogP contribution in [-0.2, 0) is 9.53 Å². The zero-order valence-electron chi connectivity index (χ0n) is 15.6. The molecule has 2 heterocycles. The lowest BCUT2D eigenvalue weighted by atomic mass is 10.1. The third kappa shape index (κ3) is 3.97. The Kier molecular flexibility index (Phi) is 5.36. The zero-order valence-corrected chi connectivity index (χ0v) is 16.4. The zero-order chi connectivity index (χ0) is 21.1. The molecule has 150 valence electrons. The Bertz CT molecular complexity index is 1170. The highest BCUT2D eigenvalue weighted by Crippen LogP contribution is 2.38. The van der Waals surface area contributed by atoms with E-state index in [1.807, 2.05) is 18.2 Å². The molecule has 30 heavy (non-hydrogen) atoms. The van der Waals surface area contributed by atoms with E-state index in [1.165, 1.54) is 31.6 Å². The first-order valence-corrected chi connectivity index (χ1v) is 9.14. The summed E-state index contributed by atoms with van der Waals surface area (Å²) < 4.78 is 20.8. The van der Waals surface area contributed by atoms with Gasteiger partial charge in [-0.15, -0.1) is 0 Å². The van der Waals surface area contributed by atoms with Gasteiger partial charge in [0.15, 0.2) is 17.2 Å². The molecule has 1 aliphatic heterocycles. The van der Waals surface area contributed by atoms with Crippen LogP contribution in [0, 0.1) is 0 Å². The lowest BCUT2D eigenvalue weighted by Crippen LogP contribution is -2.08. The van der Waals surface area contributed by atoms with Crippen LogP contribution >= 0.6 is 11.6 Å². The second-order valence-electron chi connectivity index (χ2n) is 6.10. The Morgan fingerprint density at radius 3 is 2.63 bits per heavy atom. The predicted molar refractivity (Wildman–Crippen MR) is 109 cm³/mol. The number of hydrogen-bond donors (Lipinski definition) is 0. The molecule has 7 nitrogen and oxygen atoms in total. The molecular formula is C22H14ClNO6. The molecule has 0 N–H and O–H groups in total. The highest BCUT2D eigenvalue weighted by atomic mass is 35.5. The molecule has 0 fully saturated rings. The van der Waals surface area contributed by atoms with Gasteiger partial charge in [0.2, 0.25) is 11.7 Å². The minimum absolute atomic E-state index is 0.0239. The number of ether oxygens (including phenoxy) is 3. The number of carbonyl (C=O) groups excluding carboxylic acids is 2. The summed E-state index contributed by atoms with van der Waals surface area (Å²) in [6.07, 6.45) is 2.86. The molecule has 0 atom stereocenters. The number of halogens is 1. The number of cyclic esters (lactones) is 1. The number of nitrogens with zero attached hydrogens (tertiary/aromatic N) is 1. The predicted octanol–water partition coefficient (Wildman–Crippen LogP) is 4.51. The molecule has 0 spiro atoms. The highest BCUT2D eigenvalue weighted by Gasteiger charge is 2.25. The van der Waals surface area contributed by atoms with E-state index >= 15 is 0 Å². The smallest absolute Gasteiger partial charge is 0.379 e. The summed E-state index contributed by atoms with van der Waals surface area (Å²) in [5.74, 6) is -0.831. The summed E-state index contributed by atoms with van der Waals surface area (Å²) >= 11 is 6.30. The van der Waals surface area contributed by atoms with Gasteiger partial charge in [-0.3, -0.25) is 0 Å². The van der Waals surface area contributed by atoms with Gasteiger partial charge in [-0.05, 0) is 48.0 Å². The number of hydrogen-bond acceptors (Lipinski definition) is 7. The third-order valence-corrected chi connectivity index (χ3v) is 4.39. The Morgan fingerprint density at radius 1 is 1.13 bits per heavy atom. The maximum Gasteiger partial charge on any atom is 0.379 e. The Hall–Kier alpha value is -3.84. The van der Waals surface area contributed by atoms with Crippen molar-refractivity contribution >= 4 is 35.5 Å². The molecule has 0 aliphatic carbocycles. The van der Waals surface area contributed by atoms with Gasteiger partial charge in [0, 0.05) is 5.56 Å². The molecule has 0 radical (unpaired) electrons. The monoisotopic (exact) mass is 423 g/mol. The number of carbonyl (C=O) groups is 2. The third-order valence-electron chi connectivity index (χ3n) is 4.11. The van der Waals surface area contributed by atoms with Crippen molar-refractivity contribution in [1.29, 1.82) is 0 Å². The quantitative estimate of drug-likeness (QED) is 0.341. The maximum atomic E-state index is 12.2. The van der Waals surface area contributed by atoms with Gasteiger partial charge in [0.25, 0.3) is 0 Å². The Labute approximate surface area is 176 Å². The van der Waals surface area contributed by atoms with Crippen molar-refractivity contribution < 1.29 is 28.2 Å². The van der Waals surface area contributed by atoms with E-state index < -0.39 is 11.9 Å². The number of methoxy groups -OCH3 is 1. The SMILES string of the molecule is COc1cc(C=C2N=C(c3ccccc3)OC2=O)cc(Cl)c1OC(=O)c1ccco1. The summed E-state index contributed by atoms with van der Waals surface area (Å²) in [5, 5.41) is 0.111. The fourth-order valence-electron chi connectivity index (χ4n) is 2.73. The molecular weight excluding hydrogens is 410 g/mol. The average Bonchev–Trinajstić information content (AvgIpc) is 3.41. The largest absolute Gasteiger partial charge is 0.493 e. The van der Waals surface area contributed by atoms with Crippen LogP contribution in [0.4, 0.5) is 0 Å². The van der Waals surface area contributed by atoms with E-state index in [1.54, 1.807) is 24.3 Å². The van der Waals surface area contributed by atoms with Gasteiger partial charge < -0.3 is 18.6 Å². The fraction of sp³-hybridized carbons (Fsp3) is 0.0455. The summed E-state index contributed by atoms with van der Waals surface area (Å²) in [5.41, 5.74) is 1.30. The molecule has 8 heteroatoms. The molecule has 1 aliphatic rings. The van der Waals surface area contributed by atoms with Crippen LogP contribution in [0.15, 0.2) is 76.0 Å². The Balaban J connectivity index is 1.64. The first-order valence-electron chi connectivity index (χ1n) is 8.76. The number of esters is 2. The average molecular weight is 424 g/mol. The first kappa shape index (κ1) is 19.5. The lowest BCUT2D eigenvalue weighted by Gasteiger charge is -2.11. The van der Waals surface area contributed by atoms with E-state index in [0.717, 1.165) is 0 Å². The van der Waals surface area contributed by atoms with E-state index in [-0.39, 0.29) is 33.9 Å². The first-order chi connectivity index (χ1) is 14.5. The normalized spacial score (nSPS) is 14.4. The molecule has 0 bridgehead atoms. The summed E-state index contributed by atoms with van der Waals surface area (Å²) in [6, 6.07) is 15.2. The van der Waals surface area contributed by atoms with Crippen molar-refractivity contribution in [2.24, 2.45) is 4.99 Å². The second kappa shape index (κ2) is 8.26. The lowest BCUT2D eigenvalue weighted by molar-refractivity contribution is -0.129. The van der Waals surface area contributed by atoms with Crippen molar-refractivity contribution in [3.05, 3.63) is 88.5 Å². The van der Waals surface area contributed by atoms with Gasteiger partial charge in [-0.25, -0.2) is 14.6 Å². The van der Waals surface area contributed by atoms with E-state index in [4.69, 9.17) is 30.2 Å². The van der Waals surface area contributed by atoms with Gasteiger partial charge >= 0.3 is 11.9 Å². The van der Waals surface area contributed by atoms with Crippen LogP contribution in [0.1, 0.15) is 21.7 Å². The van der Waals surface area contributed by atoms with E-state index in [0.29, 0.717) is 11.1 Å². The highest BCUT2D eigenvalue weighted by molar-refractivity contribution is 6.32. The molecule has 0 saturated heterocycles. The van der Waals surface area contributed by atoms with Gasteiger partial charge in [-0.1, -0.05) is 29.8 Å². The van der Waals surface area contributed by atoms with Crippen molar-refractivity contribution in [3.8, 4) is 11.5 Å². The molecule has 0 unspecified atom stereocenters. The van der Waals surface area contributed by atoms with Gasteiger partial charge in [-0.2, -0.15) is 0 Å². The van der Waals surface area contributed by atoms with Crippen molar-refractivity contribution in [1.82, 2.24) is 0 Å². The molecule has 1 aromatic heterocycles. The van der Waals surface area contributed by atoms with Crippen LogP contribution in [-0.4, -0.2) is 24.9 Å². The molecule has 0 saturated carbocycles. The second-order valence-corrected chi connectivity index (χ2v) is 6.51. The Morgan fingerprint density at radius 2 is 1.93 bits per heavy atom. The van der Waals surface area contributed by atoms with Crippen LogP contribution in [0.3, 0.4) is 0 Å². The number of aliphatic imine (C=N–C) groups is 1. The molecule has 3 aromatic rings.